The number of para-hydroxylation sites is 2. The SMILES string of the molecule is Cc1ccc(C(=O)NCCCc2nc3ccccc3n2CC(=O)N(Cc2ccccc2)C2CCCCC2)cc1. The molecule has 0 saturated heterocycles. The van der Waals surface area contributed by atoms with Crippen molar-refractivity contribution in [1.82, 2.24) is 19.8 Å². The summed E-state index contributed by atoms with van der Waals surface area (Å²) >= 11 is 0. The zero-order chi connectivity index (χ0) is 27.0. The Bertz CT molecular complexity index is 1390. The van der Waals surface area contributed by atoms with E-state index in [9.17, 15) is 9.59 Å². The lowest BCUT2D eigenvalue weighted by molar-refractivity contribution is -0.135. The Hall–Kier alpha value is -3.93. The summed E-state index contributed by atoms with van der Waals surface area (Å²) in [5.41, 5.74) is 4.84. The van der Waals surface area contributed by atoms with Gasteiger partial charge in [0, 0.05) is 31.1 Å². The summed E-state index contributed by atoms with van der Waals surface area (Å²) in [6.45, 7) is 3.47. The summed E-state index contributed by atoms with van der Waals surface area (Å²) in [4.78, 5) is 33.4. The van der Waals surface area contributed by atoms with Crippen LogP contribution in [0.15, 0.2) is 78.9 Å². The average Bonchev–Trinajstić information content (AvgIpc) is 3.32. The first-order valence-corrected chi connectivity index (χ1v) is 14.2. The minimum atomic E-state index is -0.0669. The Morgan fingerprint density at radius 1 is 0.923 bits per heavy atom. The van der Waals surface area contributed by atoms with Crippen LogP contribution in [0.4, 0.5) is 0 Å². The molecule has 5 rings (SSSR count). The van der Waals surface area contributed by atoms with Crippen LogP contribution in [0.5, 0.6) is 0 Å². The average molecular weight is 523 g/mol. The highest BCUT2D eigenvalue weighted by atomic mass is 16.2. The van der Waals surface area contributed by atoms with E-state index in [2.05, 4.69) is 26.9 Å². The largest absolute Gasteiger partial charge is 0.352 e. The van der Waals surface area contributed by atoms with Crippen LogP contribution in [0.3, 0.4) is 0 Å². The van der Waals surface area contributed by atoms with E-state index in [1.165, 1.54) is 19.3 Å². The van der Waals surface area contributed by atoms with Gasteiger partial charge in [0.05, 0.1) is 11.0 Å². The zero-order valence-corrected chi connectivity index (χ0v) is 22.8. The van der Waals surface area contributed by atoms with Crippen LogP contribution >= 0.6 is 0 Å². The monoisotopic (exact) mass is 522 g/mol. The molecule has 1 aliphatic rings. The lowest BCUT2D eigenvalue weighted by Gasteiger charge is -2.35. The van der Waals surface area contributed by atoms with Gasteiger partial charge in [-0.1, -0.05) is 79.4 Å². The molecule has 1 heterocycles. The Kier molecular flexibility index (Phi) is 8.71. The van der Waals surface area contributed by atoms with Crippen molar-refractivity contribution in [2.45, 2.75) is 71.0 Å². The molecule has 39 heavy (non-hydrogen) atoms. The van der Waals surface area contributed by atoms with E-state index in [-0.39, 0.29) is 24.4 Å². The highest BCUT2D eigenvalue weighted by Crippen LogP contribution is 2.25. The van der Waals surface area contributed by atoms with Crippen LogP contribution in [0.2, 0.25) is 0 Å². The number of benzene rings is 3. The molecule has 0 unspecified atom stereocenters. The molecule has 1 saturated carbocycles. The number of aromatic nitrogens is 2. The van der Waals surface area contributed by atoms with Crippen LogP contribution in [-0.4, -0.2) is 38.9 Å². The minimum Gasteiger partial charge on any atom is -0.352 e. The second-order valence-electron chi connectivity index (χ2n) is 10.6. The van der Waals surface area contributed by atoms with Gasteiger partial charge in [0.1, 0.15) is 12.4 Å². The van der Waals surface area contributed by atoms with Gasteiger partial charge in [-0.3, -0.25) is 9.59 Å². The maximum Gasteiger partial charge on any atom is 0.251 e. The minimum absolute atomic E-state index is 0.0669. The van der Waals surface area contributed by atoms with Crippen molar-refractivity contribution in [2.75, 3.05) is 6.54 Å². The van der Waals surface area contributed by atoms with Crippen LogP contribution in [0, 0.1) is 6.92 Å². The summed E-state index contributed by atoms with van der Waals surface area (Å²) in [7, 11) is 0. The van der Waals surface area contributed by atoms with E-state index < -0.39 is 0 Å². The Morgan fingerprint density at radius 2 is 1.64 bits per heavy atom. The zero-order valence-electron chi connectivity index (χ0n) is 22.8. The van der Waals surface area contributed by atoms with Gasteiger partial charge in [0.2, 0.25) is 5.91 Å². The summed E-state index contributed by atoms with van der Waals surface area (Å²) < 4.78 is 2.08. The summed E-state index contributed by atoms with van der Waals surface area (Å²) in [6.07, 6.45) is 7.16. The number of carbonyl (C=O) groups excluding carboxylic acids is 2. The normalized spacial score (nSPS) is 13.9. The molecule has 4 aromatic rings. The highest BCUT2D eigenvalue weighted by molar-refractivity contribution is 5.94. The van der Waals surface area contributed by atoms with Gasteiger partial charge in [0.25, 0.3) is 5.91 Å². The number of nitrogens with zero attached hydrogens (tertiary/aromatic N) is 3. The van der Waals surface area contributed by atoms with Crippen molar-refractivity contribution in [3.05, 3.63) is 101 Å². The van der Waals surface area contributed by atoms with E-state index in [1.807, 2.05) is 73.7 Å². The number of rotatable bonds is 10. The van der Waals surface area contributed by atoms with E-state index >= 15 is 0 Å². The first kappa shape index (κ1) is 26.7. The van der Waals surface area contributed by atoms with Gasteiger partial charge >= 0.3 is 0 Å². The van der Waals surface area contributed by atoms with Crippen LogP contribution in [0.25, 0.3) is 11.0 Å². The lowest BCUT2D eigenvalue weighted by Crippen LogP contribution is -2.42. The summed E-state index contributed by atoms with van der Waals surface area (Å²) in [5, 5.41) is 3.02. The maximum absolute atomic E-state index is 13.9. The molecular weight excluding hydrogens is 484 g/mol. The van der Waals surface area contributed by atoms with E-state index in [0.717, 1.165) is 47.2 Å². The molecule has 0 aliphatic heterocycles. The quantitative estimate of drug-likeness (QED) is 0.257. The van der Waals surface area contributed by atoms with Gasteiger partial charge in [-0.15, -0.1) is 0 Å². The topological polar surface area (TPSA) is 67.2 Å². The standard InChI is InChI=1S/C33H38N4O2/c1-25-18-20-27(21-19-25)33(39)34-22-10-17-31-35-29-15-8-9-16-30(29)37(31)24-32(38)36(28-13-6-3-7-14-28)23-26-11-4-2-5-12-26/h2,4-5,8-9,11-12,15-16,18-21,28H,3,6-7,10,13-14,17,22-24H2,1H3,(H,34,39). The van der Waals surface area contributed by atoms with Gasteiger partial charge < -0.3 is 14.8 Å². The third-order valence-corrected chi connectivity index (χ3v) is 7.74. The summed E-state index contributed by atoms with van der Waals surface area (Å²) in [5.74, 6) is 0.961. The number of fused-ring (bicyclic) bond motifs is 1. The van der Waals surface area contributed by atoms with Crippen molar-refractivity contribution >= 4 is 22.8 Å². The molecule has 2 amide bonds. The third kappa shape index (κ3) is 6.75. The predicted molar refractivity (Wildman–Crippen MR) is 155 cm³/mol. The Morgan fingerprint density at radius 3 is 2.41 bits per heavy atom. The molecule has 3 aromatic carbocycles. The molecule has 1 N–H and O–H groups in total. The van der Waals surface area contributed by atoms with Gasteiger partial charge in [-0.2, -0.15) is 0 Å². The summed E-state index contributed by atoms with van der Waals surface area (Å²) in [6, 6.07) is 26.2. The van der Waals surface area contributed by atoms with Crippen molar-refractivity contribution in [3.8, 4) is 0 Å². The Balaban J connectivity index is 1.29. The Labute approximate surface area is 231 Å². The molecule has 1 aliphatic carbocycles. The van der Waals surface area contributed by atoms with Crippen molar-refractivity contribution < 1.29 is 9.59 Å². The second-order valence-corrected chi connectivity index (χ2v) is 10.6. The lowest BCUT2D eigenvalue weighted by atomic mass is 9.93. The number of aryl methyl sites for hydroxylation is 2. The van der Waals surface area contributed by atoms with Crippen LogP contribution in [-0.2, 0) is 24.3 Å². The highest BCUT2D eigenvalue weighted by Gasteiger charge is 2.27. The molecule has 0 atom stereocenters. The van der Waals surface area contributed by atoms with Crippen molar-refractivity contribution in [3.63, 3.8) is 0 Å². The molecular formula is C33H38N4O2. The third-order valence-electron chi connectivity index (χ3n) is 7.74. The second kappa shape index (κ2) is 12.7. The van der Waals surface area contributed by atoms with Crippen LogP contribution < -0.4 is 5.32 Å². The molecule has 1 aromatic heterocycles. The van der Waals surface area contributed by atoms with E-state index in [0.29, 0.717) is 25.1 Å². The molecule has 0 radical (unpaired) electrons. The van der Waals surface area contributed by atoms with E-state index in [1.54, 1.807) is 0 Å². The van der Waals surface area contributed by atoms with Crippen molar-refractivity contribution in [2.24, 2.45) is 0 Å². The fraction of sp³-hybridized carbons (Fsp3) is 0.364. The molecule has 0 bridgehead atoms. The number of hydrogen-bond donors (Lipinski definition) is 1. The number of nitrogens with one attached hydrogen (secondary N) is 1. The van der Waals surface area contributed by atoms with Crippen molar-refractivity contribution in [1.29, 1.82) is 0 Å². The predicted octanol–water partition coefficient (Wildman–Crippen LogP) is 6.07. The van der Waals surface area contributed by atoms with Gasteiger partial charge in [-0.25, -0.2) is 4.98 Å². The first-order chi connectivity index (χ1) is 19.1. The molecule has 202 valence electrons. The number of amides is 2. The number of hydrogen-bond acceptors (Lipinski definition) is 3. The molecule has 1 fully saturated rings. The van der Waals surface area contributed by atoms with E-state index in [4.69, 9.17) is 4.98 Å². The fourth-order valence-electron chi connectivity index (χ4n) is 5.57. The fourth-order valence-corrected chi connectivity index (χ4v) is 5.57. The first-order valence-electron chi connectivity index (χ1n) is 14.2. The smallest absolute Gasteiger partial charge is 0.251 e. The molecule has 0 spiro atoms. The number of carbonyl (C=O) groups is 2. The maximum atomic E-state index is 13.9. The van der Waals surface area contributed by atoms with Crippen LogP contribution in [0.1, 0.15) is 65.8 Å². The van der Waals surface area contributed by atoms with Gasteiger partial charge in [0.15, 0.2) is 0 Å². The molecule has 6 nitrogen and oxygen atoms in total. The molecule has 6 heteroatoms. The van der Waals surface area contributed by atoms with Gasteiger partial charge in [-0.05, 0) is 56.0 Å². The number of imidazole rings is 1.